The molecule has 1 aliphatic rings. The highest BCUT2D eigenvalue weighted by atomic mass is 16.2. The second-order valence-corrected chi connectivity index (χ2v) is 3.40. The Kier molecular flexibility index (Phi) is 1.87. The smallest absolute Gasteiger partial charge is 0.239 e. The van der Waals surface area contributed by atoms with Crippen LogP contribution in [0.3, 0.4) is 0 Å². The van der Waals surface area contributed by atoms with E-state index in [1.165, 1.54) is 20.8 Å². The maximum Gasteiger partial charge on any atom is 0.239 e. The molecule has 0 bridgehead atoms. The monoisotopic (exact) mass is 181 g/mol. The van der Waals surface area contributed by atoms with Crippen molar-refractivity contribution in [2.75, 3.05) is 0 Å². The van der Waals surface area contributed by atoms with Crippen molar-refractivity contribution in [1.82, 2.24) is 0 Å². The molecular formula is C9H11NO3. The van der Waals surface area contributed by atoms with Gasteiger partial charge in [0.15, 0.2) is 17.0 Å². The number of amides is 1. The van der Waals surface area contributed by atoms with Crippen LogP contribution in [0.5, 0.6) is 0 Å². The number of hydrogen-bond acceptors (Lipinski definition) is 3. The summed E-state index contributed by atoms with van der Waals surface area (Å²) in [6.07, 6.45) is 0. The predicted molar refractivity (Wildman–Crippen MR) is 45.7 cm³/mol. The van der Waals surface area contributed by atoms with Crippen molar-refractivity contribution in [2.45, 2.75) is 20.8 Å². The topological polar surface area (TPSA) is 77.2 Å². The summed E-state index contributed by atoms with van der Waals surface area (Å²) in [5, 5.41) is 0. The highest BCUT2D eigenvalue weighted by Crippen LogP contribution is 2.34. The fourth-order valence-electron chi connectivity index (χ4n) is 1.42. The largest absolute Gasteiger partial charge is 0.368 e. The summed E-state index contributed by atoms with van der Waals surface area (Å²) in [6, 6.07) is 0. The molecule has 0 aromatic heterocycles. The minimum absolute atomic E-state index is 0.339. The number of nitrogens with two attached hydrogens (primary N) is 1. The Morgan fingerprint density at radius 2 is 1.46 bits per heavy atom. The summed E-state index contributed by atoms with van der Waals surface area (Å²) >= 11 is 0. The number of Topliss-reactive ketones (excluding diaryl/α,β-unsaturated/α-hetero) is 2. The molecule has 0 aliphatic heterocycles. The van der Waals surface area contributed by atoms with Gasteiger partial charge in [-0.15, -0.1) is 0 Å². The van der Waals surface area contributed by atoms with Gasteiger partial charge in [-0.05, 0) is 20.8 Å². The van der Waals surface area contributed by atoms with Crippen LogP contribution in [-0.4, -0.2) is 17.5 Å². The zero-order valence-corrected chi connectivity index (χ0v) is 7.80. The third-order valence-electron chi connectivity index (χ3n) is 2.64. The van der Waals surface area contributed by atoms with E-state index >= 15 is 0 Å². The van der Waals surface area contributed by atoms with Crippen LogP contribution < -0.4 is 5.73 Å². The van der Waals surface area contributed by atoms with Gasteiger partial charge in [0.25, 0.3) is 0 Å². The number of hydrogen-bond donors (Lipinski definition) is 1. The van der Waals surface area contributed by atoms with Crippen molar-refractivity contribution in [3.05, 3.63) is 11.1 Å². The SMILES string of the molecule is CC1=C(C)C(=O)C(C)(C(N)=O)C1=O. The third kappa shape index (κ3) is 0.946. The van der Waals surface area contributed by atoms with Gasteiger partial charge in [-0.25, -0.2) is 0 Å². The molecule has 4 nitrogen and oxygen atoms in total. The first-order valence-electron chi connectivity index (χ1n) is 3.90. The van der Waals surface area contributed by atoms with Gasteiger partial charge in [0.05, 0.1) is 0 Å². The summed E-state index contributed by atoms with van der Waals surface area (Å²) in [5.41, 5.74) is 4.05. The molecule has 70 valence electrons. The van der Waals surface area contributed by atoms with Crippen molar-refractivity contribution in [3.63, 3.8) is 0 Å². The quantitative estimate of drug-likeness (QED) is 0.577. The number of carbonyl (C=O) groups excluding carboxylic acids is 3. The molecule has 0 radical (unpaired) electrons. The van der Waals surface area contributed by atoms with Gasteiger partial charge in [0, 0.05) is 11.1 Å². The van der Waals surface area contributed by atoms with Gasteiger partial charge in [-0.1, -0.05) is 0 Å². The summed E-state index contributed by atoms with van der Waals surface area (Å²) < 4.78 is 0. The first-order valence-corrected chi connectivity index (χ1v) is 3.90. The third-order valence-corrected chi connectivity index (χ3v) is 2.64. The molecule has 0 saturated carbocycles. The highest BCUT2D eigenvalue weighted by molar-refractivity contribution is 6.36. The molecule has 0 heterocycles. The lowest BCUT2D eigenvalue weighted by Gasteiger charge is -2.15. The highest BCUT2D eigenvalue weighted by Gasteiger charge is 2.52. The summed E-state index contributed by atoms with van der Waals surface area (Å²) in [7, 11) is 0. The first kappa shape index (κ1) is 9.64. The normalized spacial score (nSPS) is 21.2. The zero-order chi connectivity index (χ0) is 10.4. The minimum atomic E-state index is -1.66. The molecule has 0 aromatic rings. The van der Waals surface area contributed by atoms with Crippen LogP contribution in [0, 0.1) is 5.41 Å². The Bertz CT molecular complexity index is 328. The van der Waals surface area contributed by atoms with E-state index in [4.69, 9.17) is 5.73 Å². The van der Waals surface area contributed by atoms with E-state index in [2.05, 4.69) is 0 Å². The fraction of sp³-hybridized carbons (Fsp3) is 0.444. The van der Waals surface area contributed by atoms with Crippen molar-refractivity contribution in [1.29, 1.82) is 0 Å². The van der Waals surface area contributed by atoms with Crippen LogP contribution in [-0.2, 0) is 14.4 Å². The molecule has 1 aliphatic carbocycles. The van der Waals surface area contributed by atoms with E-state index in [1.807, 2.05) is 0 Å². The molecule has 0 unspecified atom stereocenters. The van der Waals surface area contributed by atoms with Gasteiger partial charge < -0.3 is 5.73 Å². The Morgan fingerprint density at radius 3 is 1.62 bits per heavy atom. The molecule has 0 spiro atoms. The Balaban J connectivity index is 3.33. The average molecular weight is 181 g/mol. The van der Waals surface area contributed by atoms with Crippen LogP contribution in [0.15, 0.2) is 11.1 Å². The number of carbonyl (C=O) groups is 3. The molecule has 1 amide bonds. The van der Waals surface area contributed by atoms with E-state index in [9.17, 15) is 14.4 Å². The number of ketones is 2. The number of allylic oxidation sites excluding steroid dienone is 2. The van der Waals surface area contributed by atoms with Crippen LogP contribution in [0.25, 0.3) is 0 Å². The molecule has 0 saturated heterocycles. The van der Waals surface area contributed by atoms with Crippen LogP contribution in [0.2, 0.25) is 0 Å². The van der Waals surface area contributed by atoms with Crippen molar-refractivity contribution in [3.8, 4) is 0 Å². The Labute approximate surface area is 75.8 Å². The van der Waals surface area contributed by atoms with Crippen LogP contribution >= 0.6 is 0 Å². The van der Waals surface area contributed by atoms with Gasteiger partial charge in [-0.2, -0.15) is 0 Å². The van der Waals surface area contributed by atoms with E-state index in [1.54, 1.807) is 0 Å². The molecule has 0 aromatic carbocycles. The zero-order valence-electron chi connectivity index (χ0n) is 7.80. The Morgan fingerprint density at radius 1 is 1.15 bits per heavy atom. The van der Waals surface area contributed by atoms with E-state index in [0.717, 1.165) is 0 Å². The standard InChI is InChI=1S/C9H11NO3/c1-4-5(2)7(12)9(3,6(4)11)8(10)13/h1-3H3,(H2,10,13). The minimum Gasteiger partial charge on any atom is -0.368 e. The first-order chi connectivity index (χ1) is 5.83. The molecule has 1 rings (SSSR count). The average Bonchev–Trinajstić information content (AvgIpc) is 2.22. The molecule has 0 atom stereocenters. The summed E-state index contributed by atoms with van der Waals surface area (Å²) in [5.74, 6) is -1.82. The summed E-state index contributed by atoms with van der Waals surface area (Å²) in [4.78, 5) is 34.0. The lowest BCUT2D eigenvalue weighted by Crippen LogP contribution is -2.44. The molecule has 2 N–H and O–H groups in total. The number of primary amides is 1. The lowest BCUT2D eigenvalue weighted by molar-refractivity contribution is -0.142. The summed E-state index contributed by atoms with van der Waals surface area (Å²) in [6.45, 7) is 4.34. The van der Waals surface area contributed by atoms with Gasteiger partial charge in [0.2, 0.25) is 5.91 Å². The maximum atomic E-state index is 11.5. The van der Waals surface area contributed by atoms with Crippen molar-refractivity contribution < 1.29 is 14.4 Å². The van der Waals surface area contributed by atoms with Crippen LogP contribution in [0.1, 0.15) is 20.8 Å². The predicted octanol–water partition coefficient (Wildman–Crippen LogP) is -0.0338. The molecular weight excluding hydrogens is 170 g/mol. The van der Waals surface area contributed by atoms with E-state index in [-0.39, 0.29) is 0 Å². The molecule has 13 heavy (non-hydrogen) atoms. The van der Waals surface area contributed by atoms with Crippen LogP contribution in [0.4, 0.5) is 0 Å². The van der Waals surface area contributed by atoms with Gasteiger partial charge >= 0.3 is 0 Å². The van der Waals surface area contributed by atoms with E-state index < -0.39 is 22.9 Å². The van der Waals surface area contributed by atoms with Gasteiger partial charge in [-0.3, -0.25) is 14.4 Å². The molecule has 4 heteroatoms. The van der Waals surface area contributed by atoms with Gasteiger partial charge in [0.1, 0.15) is 0 Å². The molecule has 0 fully saturated rings. The second kappa shape index (κ2) is 2.52. The number of rotatable bonds is 1. The van der Waals surface area contributed by atoms with Crippen molar-refractivity contribution in [2.24, 2.45) is 11.1 Å². The maximum absolute atomic E-state index is 11.5. The van der Waals surface area contributed by atoms with Crippen molar-refractivity contribution >= 4 is 17.5 Å². The second-order valence-electron chi connectivity index (χ2n) is 3.40. The lowest BCUT2D eigenvalue weighted by atomic mass is 9.83. The Hall–Kier alpha value is -1.45. The van der Waals surface area contributed by atoms with E-state index in [0.29, 0.717) is 11.1 Å². The fourth-order valence-corrected chi connectivity index (χ4v) is 1.42.